The summed E-state index contributed by atoms with van der Waals surface area (Å²) >= 11 is 0. The van der Waals surface area contributed by atoms with Gasteiger partial charge in [-0.1, -0.05) is 0 Å². The van der Waals surface area contributed by atoms with Crippen LogP contribution in [-0.2, 0) is 4.74 Å². The summed E-state index contributed by atoms with van der Waals surface area (Å²) in [4.78, 5) is 8.19. The van der Waals surface area contributed by atoms with Crippen LogP contribution in [0, 0.1) is 11.8 Å². The average Bonchev–Trinajstić information content (AvgIpc) is 2.67. The number of nitrogens with zero attached hydrogens (tertiary/aromatic N) is 3. The van der Waals surface area contributed by atoms with Crippen molar-refractivity contribution in [1.29, 1.82) is 0 Å². The van der Waals surface area contributed by atoms with Gasteiger partial charge in [0.1, 0.15) is 0 Å². The summed E-state index contributed by atoms with van der Waals surface area (Å²) in [6.07, 6.45) is 6.86. The molecule has 0 aliphatic carbocycles. The molecule has 3 aliphatic heterocycles. The molecule has 0 radical (unpaired) electrons. The first-order valence-electron chi connectivity index (χ1n) is 12.0. The van der Waals surface area contributed by atoms with Gasteiger partial charge in [0.2, 0.25) is 0 Å². The number of hydrogen-bond acceptors (Lipinski definition) is 4. The fraction of sp³-hybridized carbons (Fsp3) is 1.00. The Hall–Kier alpha value is -0.160. The first-order chi connectivity index (χ1) is 13.2. The van der Waals surface area contributed by atoms with Crippen molar-refractivity contribution >= 4 is 0 Å². The quantitative estimate of drug-likeness (QED) is 0.700. The van der Waals surface area contributed by atoms with Crippen LogP contribution in [0.4, 0.5) is 0 Å². The molecule has 0 aromatic carbocycles. The molecule has 3 aliphatic rings. The predicted molar refractivity (Wildman–Crippen MR) is 119 cm³/mol. The summed E-state index contributed by atoms with van der Waals surface area (Å²) in [6.45, 7) is 23.8. The van der Waals surface area contributed by atoms with Crippen LogP contribution in [0.2, 0.25) is 0 Å². The minimum absolute atomic E-state index is 0.316. The molecule has 0 aromatic heterocycles. The van der Waals surface area contributed by atoms with Crippen LogP contribution in [0.5, 0.6) is 0 Å². The van der Waals surface area contributed by atoms with Crippen molar-refractivity contribution < 1.29 is 4.74 Å². The second-order valence-corrected chi connectivity index (χ2v) is 11.4. The average molecular weight is 394 g/mol. The molecular weight excluding hydrogens is 346 g/mol. The standard InChI is InChI=1S/C24H47N3O/c1-20(25-14-16-28-17-15-25)22-9-12-26(13-10-22)24(5,6)18-21-8-7-11-27(19-21)23(2,3)4/h20-22H,7-19H2,1-6H3. The molecule has 2 atom stereocenters. The van der Waals surface area contributed by atoms with E-state index in [-0.39, 0.29) is 0 Å². The van der Waals surface area contributed by atoms with E-state index in [2.05, 4.69) is 56.2 Å². The van der Waals surface area contributed by atoms with E-state index in [9.17, 15) is 0 Å². The molecule has 2 unspecified atom stereocenters. The van der Waals surface area contributed by atoms with E-state index in [0.717, 1.165) is 38.1 Å². The third-order valence-corrected chi connectivity index (χ3v) is 7.96. The van der Waals surface area contributed by atoms with Crippen LogP contribution in [-0.4, -0.2) is 84.3 Å². The topological polar surface area (TPSA) is 19.0 Å². The summed E-state index contributed by atoms with van der Waals surface area (Å²) in [6, 6.07) is 0.716. The van der Waals surface area contributed by atoms with E-state index >= 15 is 0 Å². The third-order valence-electron chi connectivity index (χ3n) is 7.96. The monoisotopic (exact) mass is 393 g/mol. The Morgan fingerprint density at radius 3 is 2.11 bits per heavy atom. The maximum Gasteiger partial charge on any atom is 0.0594 e. The van der Waals surface area contributed by atoms with E-state index in [0.29, 0.717) is 17.1 Å². The Morgan fingerprint density at radius 2 is 1.50 bits per heavy atom. The molecule has 28 heavy (non-hydrogen) atoms. The van der Waals surface area contributed by atoms with Gasteiger partial charge in [-0.25, -0.2) is 0 Å². The Morgan fingerprint density at radius 1 is 0.857 bits per heavy atom. The molecule has 0 saturated carbocycles. The SMILES string of the molecule is CC(C1CCN(C(C)(C)CC2CCCN(C(C)(C)C)C2)CC1)N1CCOCC1. The number of piperidine rings is 2. The highest BCUT2D eigenvalue weighted by atomic mass is 16.5. The summed E-state index contributed by atoms with van der Waals surface area (Å²) in [5.74, 6) is 1.71. The number of ether oxygens (including phenoxy) is 1. The van der Waals surface area contributed by atoms with Gasteiger partial charge in [-0.15, -0.1) is 0 Å². The molecule has 4 heteroatoms. The van der Waals surface area contributed by atoms with Crippen LogP contribution >= 0.6 is 0 Å². The number of hydrogen-bond donors (Lipinski definition) is 0. The Bertz CT molecular complexity index is 473. The minimum Gasteiger partial charge on any atom is -0.379 e. The van der Waals surface area contributed by atoms with Gasteiger partial charge in [0.15, 0.2) is 0 Å². The van der Waals surface area contributed by atoms with Crippen molar-refractivity contribution in [2.45, 2.75) is 90.8 Å². The fourth-order valence-electron chi connectivity index (χ4n) is 5.95. The third kappa shape index (κ3) is 5.71. The van der Waals surface area contributed by atoms with E-state index in [4.69, 9.17) is 4.74 Å². The number of likely N-dealkylation sites (tertiary alicyclic amines) is 2. The minimum atomic E-state index is 0.316. The maximum absolute atomic E-state index is 5.55. The summed E-state index contributed by atoms with van der Waals surface area (Å²) in [5.41, 5.74) is 0.648. The Balaban J connectivity index is 1.48. The van der Waals surface area contributed by atoms with Gasteiger partial charge in [0, 0.05) is 36.8 Å². The molecule has 0 aromatic rings. The first-order valence-corrected chi connectivity index (χ1v) is 12.0. The molecule has 3 rings (SSSR count). The van der Waals surface area contributed by atoms with Gasteiger partial charge in [-0.2, -0.15) is 0 Å². The molecule has 0 spiro atoms. The molecule has 3 fully saturated rings. The number of rotatable bonds is 5. The number of morpholine rings is 1. The van der Waals surface area contributed by atoms with Crippen LogP contribution in [0.3, 0.4) is 0 Å². The largest absolute Gasteiger partial charge is 0.379 e. The lowest BCUT2D eigenvalue weighted by Gasteiger charge is -2.49. The van der Waals surface area contributed by atoms with Crippen LogP contribution in [0.1, 0.15) is 73.6 Å². The van der Waals surface area contributed by atoms with Crippen molar-refractivity contribution in [3.05, 3.63) is 0 Å². The van der Waals surface area contributed by atoms with Gasteiger partial charge >= 0.3 is 0 Å². The Labute approximate surface area is 175 Å². The predicted octanol–water partition coefficient (Wildman–Crippen LogP) is 4.10. The zero-order chi connectivity index (χ0) is 20.4. The molecule has 0 bridgehead atoms. The van der Waals surface area contributed by atoms with E-state index in [1.807, 2.05) is 0 Å². The normalized spacial score (nSPS) is 29.1. The van der Waals surface area contributed by atoms with Gasteiger partial charge in [0.05, 0.1) is 13.2 Å². The van der Waals surface area contributed by atoms with Crippen LogP contribution < -0.4 is 0 Å². The van der Waals surface area contributed by atoms with E-state index in [1.165, 1.54) is 58.3 Å². The van der Waals surface area contributed by atoms with Crippen molar-refractivity contribution in [2.75, 3.05) is 52.5 Å². The van der Waals surface area contributed by atoms with E-state index in [1.54, 1.807) is 0 Å². The lowest BCUT2D eigenvalue weighted by molar-refractivity contribution is -0.0150. The second-order valence-electron chi connectivity index (χ2n) is 11.4. The smallest absolute Gasteiger partial charge is 0.0594 e. The summed E-state index contributed by atoms with van der Waals surface area (Å²) < 4.78 is 5.55. The molecule has 4 nitrogen and oxygen atoms in total. The molecule has 3 heterocycles. The van der Waals surface area contributed by atoms with Crippen molar-refractivity contribution in [1.82, 2.24) is 14.7 Å². The van der Waals surface area contributed by atoms with Crippen LogP contribution in [0.15, 0.2) is 0 Å². The van der Waals surface area contributed by atoms with Gasteiger partial charge < -0.3 is 4.74 Å². The Kier molecular flexibility index (Phi) is 7.50. The maximum atomic E-state index is 5.55. The van der Waals surface area contributed by atoms with E-state index < -0.39 is 0 Å². The van der Waals surface area contributed by atoms with Gasteiger partial charge in [-0.05, 0) is 105 Å². The summed E-state index contributed by atoms with van der Waals surface area (Å²) in [5, 5.41) is 0. The highest BCUT2D eigenvalue weighted by Crippen LogP contribution is 2.35. The molecule has 3 saturated heterocycles. The molecule has 0 N–H and O–H groups in total. The molecule has 0 amide bonds. The fourth-order valence-corrected chi connectivity index (χ4v) is 5.95. The van der Waals surface area contributed by atoms with Crippen molar-refractivity contribution in [3.63, 3.8) is 0 Å². The zero-order valence-corrected chi connectivity index (χ0v) is 19.7. The highest BCUT2D eigenvalue weighted by molar-refractivity contribution is 4.92. The van der Waals surface area contributed by atoms with Crippen LogP contribution in [0.25, 0.3) is 0 Å². The molecular formula is C24H47N3O. The van der Waals surface area contributed by atoms with Crippen molar-refractivity contribution in [3.8, 4) is 0 Å². The first kappa shape index (κ1) is 22.5. The molecule has 164 valence electrons. The van der Waals surface area contributed by atoms with Gasteiger partial charge in [-0.3, -0.25) is 14.7 Å². The lowest BCUT2D eigenvalue weighted by atomic mass is 9.81. The zero-order valence-electron chi connectivity index (χ0n) is 19.7. The second kappa shape index (κ2) is 9.32. The highest BCUT2D eigenvalue weighted by Gasteiger charge is 2.37. The van der Waals surface area contributed by atoms with Crippen molar-refractivity contribution in [2.24, 2.45) is 11.8 Å². The van der Waals surface area contributed by atoms with Gasteiger partial charge in [0.25, 0.3) is 0 Å². The lowest BCUT2D eigenvalue weighted by Crippen LogP contribution is -2.54. The summed E-state index contributed by atoms with van der Waals surface area (Å²) in [7, 11) is 0.